The second-order valence-electron chi connectivity index (χ2n) is 7.20. The van der Waals surface area contributed by atoms with Crippen molar-refractivity contribution in [1.29, 1.82) is 0 Å². The predicted octanol–water partition coefficient (Wildman–Crippen LogP) is 0.755. The zero-order chi connectivity index (χ0) is 21.2. The molecule has 29 heavy (non-hydrogen) atoms. The fourth-order valence-corrected chi connectivity index (χ4v) is 5.08. The van der Waals surface area contributed by atoms with Crippen LogP contribution in [0.25, 0.3) is 0 Å². The van der Waals surface area contributed by atoms with Gasteiger partial charge < -0.3 is 5.32 Å². The van der Waals surface area contributed by atoms with Crippen molar-refractivity contribution >= 4 is 41.2 Å². The first kappa shape index (κ1) is 21.6. The van der Waals surface area contributed by atoms with E-state index in [1.807, 2.05) is 0 Å². The summed E-state index contributed by atoms with van der Waals surface area (Å²) in [5.41, 5.74) is 0. The molecule has 0 bridgehead atoms. The van der Waals surface area contributed by atoms with Crippen molar-refractivity contribution in [3.05, 3.63) is 0 Å². The molecule has 3 heterocycles. The van der Waals surface area contributed by atoms with Crippen LogP contribution in [0, 0.1) is 0 Å². The maximum absolute atomic E-state index is 12.3. The number of hydrogen-bond donors (Lipinski definition) is 2. The summed E-state index contributed by atoms with van der Waals surface area (Å²) in [6, 6.07) is -0.346. The number of nitrogens with one attached hydrogen (secondary N) is 2. The Morgan fingerprint density at radius 2 is 1.90 bits per heavy atom. The van der Waals surface area contributed by atoms with Gasteiger partial charge in [0.15, 0.2) is 11.7 Å². The van der Waals surface area contributed by atoms with Crippen molar-refractivity contribution in [2.45, 2.75) is 62.0 Å². The van der Waals surface area contributed by atoms with Gasteiger partial charge in [-0.3, -0.25) is 29.4 Å². The molecule has 0 unspecified atom stereocenters. The maximum Gasteiger partial charge on any atom is 0.471 e. The Kier molecular flexibility index (Phi) is 6.49. The number of alkyl halides is 3. The van der Waals surface area contributed by atoms with E-state index in [1.165, 1.54) is 0 Å². The summed E-state index contributed by atoms with van der Waals surface area (Å²) in [5, 5.41) is 4.66. The van der Waals surface area contributed by atoms with E-state index in [0.717, 1.165) is 11.3 Å². The van der Waals surface area contributed by atoms with Crippen molar-refractivity contribution in [3.8, 4) is 0 Å². The topological polar surface area (TPSA) is 108 Å². The first-order valence-electron chi connectivity index (χ1n) is 9.34. The Balaban J connectivity index is 1.39. The van der Waals surface area contributed by atoms with E-state index in [4.69, 9.17) is 0 Å². The van der Waals surface area contributed by atoms with Gasteiger partial charge in [-0.2, -0.15) is 24.9 Å². The molecule has 0 aromatic carbocycles. The molecule has 0 aromatic heterocycles. The second-order valence-corrected chi connectivity index (χ2v) is 8.47. The Hall–Kier alpha value is -2.11. The molecule has 3 aliphatic rings. The summed E-state index contributed by atoms with van der Waals surface area (Å²) in [5.74, 6) is -2.32. The number of carbonyl (C=O) groups excluding carboxylic acids is 4. The van der Waals surface area contributed by atoms with Gasteiger partial charge in [-0.1, -0.05) is 6.42 Å². The molecule has 160 valence electrons. The number of aliphatic imine (C=N–C) groups is 1. The highest BCUT2D eigenvalue weighted by Gasteiger charge is 2.44. The number of rotatable bonds is 7. The van der Waals surface area contributed by atoms with E-state index >= 15 is 0 Å². The maximum atomic E-state index is 12.3. The molecule has 0 spiro atoms. The highest BCUT2D eigenvalue weighted by Crippen LogP contribution is 2.35. The molecular formula is C17H21F3N4O4S. The summed E-state index contributed by atoms with van der Waals surface area (Å²) < 4.78 is 37.0. The molecule has 2 saturated heterocycles. The van der Waals surface area contributed by atoms with Gasteiger partial charge in [0.25, 0.3) is 0 Å². The average molecular weight is 434 g/mol. The number of Topliss-reactive ketones (excluding diaryl/α,β-unsaturated/α-hetero) is 1. The Labute approximate surface area is 169 Å². The largest absolute Gasteiger partial charge is 0.471 e. The van der Waals surface area contributed by atoms with Crippen LogP contribution in [0.15, 0.2) is 4.99 Å². The van der Waals surface area contributed by atoms with Crippen molar-refractivity contribution in [2.75, 3.05) is 12.3 Å². The third-order valence-electron chi connectivity index (χ3n) is 5.06. The number of hydrogen-bond acceptors (Lipinski definition) is 7. The quantitative estimate of drug-likeness (QED) is 0.452. The van der Waals surface area contributed by atoms with E-state index < -0.39 is 12.1 Å². The lowest BCUT2D eigenvalue weighted by Crippen LogP contribution is -2.47. The number of guanidine groups is 1. The molecule has 3 amide bonds. The second kappa shape index (κ2) is 8.72. The van der Waals surface area contributed by atoms with Crippen LogP contribution < -0.4 is 10.6 Å². The first-order chi connectivity index (χ1) is 13.6. The fraction of sp³-hybridized carbons (Fsp3) is 0.706. The average Bonchev–Trinajstić information content (AvgIpc) is 3.29. The number of ketones is 1. The van der Waals surface area contributed by atoms with Crippen LogP contribution in [0.2, 0.25) is 0 Å². The number of unbranched alkanes of at least 4 members (excludes halogenated alkanes) is 1. The lowest BCUT2D eigenvalue weighted by atomic mass is 10.0. The normalized spacial score (nSPS) is 26.4. The lowest BCUT2D eigenvalue weighted by molar-refractivity contribution is -0.171. The number of nitrogens with zero attached hydrogens (tertiary/aromatic N) is 2. The molecule has 3 rings (SSSR count). The molecule has 0 aromatic rings. The zero-order valence-electron chi connectivity index (χ0n) is 15.5. The van der Waals surface area contributed by atoms with Gasteiger partial charge in [0.1, 0.15) is 0 Å². The standard InChI is InChI=1S/C17H21F3N4O4S/c18-17(19,20)15(28)23-16-21-10-8-29-11(14(10)22-16)4-2-1-3-9(25)7-24-12(26)5-6-13(24)27/h10-11,14H,1-8H2,(H2,21,22,23,28)/t10-,11-,14-/m0/s1. The number of thioether (sulfide) groups is 1. The van der Waals surface area contributed by atoms with Crippen molar-refractivity contribution in [3.63, 3.8) is 0 Å². The minimum atomic E-state index is -4.97. The monoisotopic (exact) mass is 434 g/mol. The van der Waals surface area contributed by atoms with Crippen molar-refractivity contribution in [2.24, 2.45) is 4.99 Å². The number of carbonyl (C=O) groups is 4. The number of amides is 3. The number of fused-ring (bicyclic) bond motifs is 1. The van der Waals surface area contributed by atoms with Gasteiger partial charge in [-0.25, -0.2) is 4.99 Å². The van der Waals surface area contributed by atoms with Crippen LogP contribution in [-0.2, 0) is 19.2 Å². The molecule has 0 saturated carbocycles. The third-order valence-corrected chi connectivity index (χ3v) is 6.55. The summed E-state index contributed by atoms with van der Waals surface area (Å²) in [4.78, 5) is 51.2. The Bertz CT molecular complexity index is 727. The van der Waals surface area contributed by atoms with Crippen LogP contribution in [0.4, 0.5) is 13.2 Å². The highest BCUT2D eigenvalue weighted by atomic mass is 32.2. The fourth-order valence-electron chi connectivity index (χ4n) is 3.57. The highest BCUT2D eigenvalue weighted by molar-refractivity contribution is 8.00. The molecule has 2 fully saturated rings. The van der Waals surface area contributed by atoms with Crippen LogP contribution in [-0.4, -0.2) is 70.2 Å². The zero-order valence-corrected chi connectivity index (χ0v) is 16.3. The number of imide groups is 1. The van der Waals surface area contributed by atoms with Gasteiger partial charge in [-0.15, -0.1) is 0 Å². The van der Waals surface area contributed by atoms with Crippen molar-refractivity contribution in [1.82, 2.24) is 15.5 Å². The summed E-state index contributed by atoms with van der Waals surface area (Å²) >= 11 is 1.66. The van der Waals surface area contributed by atoms with Gasteiger partial charge >= 0.3 is 12.1 Å². The van der Waals surface area contributed by atoms with Crippen LogP contribution >= 0.6 is 11.8 Å². The van der Waals surface area contributed by atoms with Crippen molar-refractivity contribution < 1.29 is 32.3 Å². The smallest absolute Gasteiger partial charge is 0.350 e. The first-order valence-corrected chi connectivity index (χ1v) is 10.4. The van der Waals surface area contributed by atoms with E-state index in [9.17, 15) is 32.3 Å². The number of halogens is 3. The summed E-state index contributed by atoms with van der Waals surface area (Å²) in [6.45, 7) is -0.170. The molecule has 3 aliphatic heterocycles. The molecule has 8 nitrogen and oxygen atoms in total. The van der Waals surface area contributed by atoms with E-state index in [-0.39, 0.29) is 66.7 Å². The molecule has 3 atom stereocenters. The third kappa shape index (κ3) is 5.28. The van der Waals surface area contributed by atoms with Crippen LogP contribution in [0.3, 0.4) is 0 Å². The Morgan fingerprint density at radius 3 is 2.55 bits per heavy atom. The lowest BCUT2D eigenvalue weighted by Gasteiger charge is -2.15. The summed E-state index contributed by atoms with van der Waals surface area (Å²) in [6.07, 6.45) is -2.34. The van der Waals surface area contributed by atoms with Gasteiger partial charge in [-0.05, 0) is 12.8 Å². The molecule has 12 heteroatoms. The van der Waals surface area contributed by atoms with Crippen LogP contribution in [0.5, 0.6) is 0 Å². The SMILES string of the molecule is O=C(CCCC[C@@H]1SC[C@@H]2NC(NC(=O)C(F)(F)F)=N[C@@H]21)CN1C(=O)CCC1=O. The van der Waals surface area contributed by atoms with Gasteiger partial charge in [0.2, 0.25) is 11.8 Å². The van der Waals surface area contributed by atoms with Gasteiger partial charge in [0.05, 0.1) is 18.6 Å². The van der Waals surface area contributed by atoms with E-state index in [0.29, 0.717) is 18.6 Å². The minimum absolute atomic E-state index is 0.0876. The number of likely N-dealkylation sites (tertiary alicyclic amines) is 1. The molecule has 0 aliphatic carbocycles. The van der Waals surface area contributed by atoms with Gasteiger partial charge in [0, 0.05) is 30.3 Å². The predicted molar refractivity (Wildman–Crippen MR) is 98.0 cm³/mol. The molecule has 0 radical (unpaired) electrons. The van der Waals surface area contributed by atoms with E-state index in [2.05, 4.69) is 10.3 Å². The minimum Gasteiger partial charge on any atom is -0.350 e. The van der Waals surface area contributed by atoms with Crippen LogP contribution in [0.1, 0.15) is 38.5 Å². The van der Waals surface area contributed by atoms with E-state index in [1.54, 1.807) is 17.1 Å². The Morgan fingerprint density at radius 1 is 1.21 bits per heavy atom. The summed E-state index contributed by atoms with van der Waals surface area (Å²) in [7, 11) is 0. The molecule has 2 N–H and O–H groups in total. The molecular weight excluding hydrogens is 413 g/mol.